The van der Waals surface area contributed by atoms with Crippen molar-refractivity contribution in [3.8, 4) is 0 Å². The Bertz CT molecular complexity index is 686. The highest BCUT2D eigenvalue weighted by molar-refractivity contribution is 9.10. The van der Waals surface area contributed by atoms with E-state index in [0.717, 1.165) is 0 Å². The minimum Gasteiger partial charge on any atom is -0.329 e. The maximum absolute atomic E-state index is 12.0. The molecule has 1 amide bonds. The Morgan fingerprint density at radius 3 is 2.95 bits per heavy atom. The fraction of sp³-hybridized carbons (Fsp3) is 0.182. The van der Waals surface area contributed by atoms with Gasteiger partial charge in [0, 0.05) is 18.3 Å². The number of hydrogen-bond donors (Lipinski definition) is 2. The maximum atomic E-state index is 12.0. The van der Waals surface area contributed by atoms with Crippen molar-refractivity contribution in [3.63, 3.8) is 0 Å². The van der Waals surface area contributed by atoms with Gasteiger partial charge >= 0.3 is 0 Å². The zero-order valence-corrected chi connectivity index (χ0v) is 12.3. The molecule has 0 spiro atoms. The van der Waals surface area contributed by atoms with Crippen molar-refractivity contribution in [1.29, 1.82) is 0 Å². The summed E-state index contributed by atoms with van der Waals surface area (Å²) in [7, 11) is 0. The van der Waals surface area contributed by atoms with Gasteiger partial charge in [0.2, 0.25) is 0 Å². The number of nitrogens with two attached hydrogens (primary N) is 1. The first kappa shape index (κ1) is 15.1. The molecule has 21 heavy (non-hydrogen) atoms. The van der Waals surface area contributed by atoms with Crippen molar-refractivity contribution in [2.24, 2.45) is 5.73 Å². The summed E-state index contributed by atoms with van der Waals surface area (Å²) in [6.45, 7) is 0.827. The van der Waals surface area contributed by atoms with Crippen molar-refractivity contribution in [2.75, 3.05) is 11.9 Å². The predicted octanol–water partition coefficient (Wildman–Crippen LogP) is 1.16. The lowest BCUT2D eigenvalue weighted by molar-refractivity contribution is -0.385. The number of nitro benzene ring substituents is 1. The van der Waals surface area contributed by atoms with Gasteiger partial charge in [0.25, 0.3) is 11.6 Å². The van der Waals surface area contributed by atoms with E-state index in [1.165, 1.54) is 23.0 Å². The van der Waals surface area contributed by atoms with Gasteiger partial charge in [-0.25, -0.2) is 0 Å². The van der Waals surface area contributed by atoms with E-state index in [-0.39, 0.29) is 11.4 Å². The molecule has 0 saturated heterocycles. The van der Waals surface area contributed by atoms with E-state index in [9.17, 15) is 14.9 Å². The molecule has 0 unspecified atom stereocenters. The number of benzene rings is 1. The van der Waals surface area contributed by atoms with Crippen LogP contribution in [0.15, 0.2) is 28.9 Å². The van der Waals surface area contributed by atoms with Gasteiger partial charge in [-0.3, -0.25) is 19.6 Å². The molecule has 0 aliphatic carbocycles. The first-order valence-corrected chi connectivity index (χ1v) is 6.66. The van der Waals surface area contributed by atoms with E-state index in [4.69, 9.17) is 5.73 Å². The molecule has 0 aliphatic heterocycles. The molecule has 0 radical (unpaired) electrons. The fourth-order valence-electron chi connectivity index (χ4n) is 1.57. The number of halogens is 1. The Balaban J connectivity index is 2.15. The third-order valence-electron chi connectivity index (χ3n) is 2.53. The van der Waals surface area contributed by atoms with E-state index in [1.54, 1.807) is 6.07 Å². The number of hydrogen-bond acceptors (Lipinski definition) is 6. The second-order valence-electron chi connectivity index (χ2n) is 4.03. The molecule has 1 heterocycles. The third kappa shape index (κ3) is 3.61. The summed E-state index contributed by atoms with van der Waals surface area (Å²) < 4.78 is 1.78. The lowest BCUT2D eigenvalue weighted by Crippen LogP contribution is -2.13. The van der Waals surface area contributed by atoms with Crippen LogP contribution in [0.2, 0.25) is 0 Å². The van der Waals surface area contributed by atoms with Crippen LogP contribution in [0, 0.1) is 10.1 Å². The molecule has 110 valence electrons. The van der Waals surface area contributed by atoms with E-state index in [2.05, 4.69) is 31.6 Å². The number of anilines is 1. The second kappa shape index (κ2) is 6.41. The van der Waals surface area contributed by atoms with Crippen LogP contribution in [0.5, 0.6) is 0 Å². The van der Waals surface area contributed by atoms with Gasteiger partial charge in [-0.2, -0.15) is 0 Å². The quantitative estimate of drug-likeness (QED) is 0.612. The molecule has 10 heteroatoms. The van der Waals surface area contributed by atoms with Gasteiger partial charge < -0.3 is 11.1 Å². The summed E-state index contributed by atoms with van der Waals surface area (Å²) in [6, 6.07) is 4.28. The van der Waals surface area contributed by atoms with Crippen LogP contribution in [0.1, 0.15) is 10.5 Å². The predicted molar refractivity (Wildman–Crippen MR) is 77.8 cm³/mol. The van der Waals surface area contributed by atoms with Gasteiger partial charge in [-0.05, 0) is 28.1 Å². The summed E-state index contributed by atoms with van der Waals surface area (Å²) in [5.41, 5.74) is 5.63. The number of aromatic nitrogens is 3. The standard InChI is InChI=1S/C11H11BrN6O3/c12-8-2-1-7(5-10(8)18(20)21)14-11(19)9-6-17(4-3-13)16-15-9/h1-2,5-6H,3-4,13H2,(H,14,19). The monoisotopic (exact) mass is 354 g/mol. The zero-order valence-electron chi connectivity index (χ0n) is 10.7. The van der Waals surface area contributed by atoms with Crippen molar-refractivity contribution < 1.29 is 9.72 Å². The highest BCUT2D eigenvalue weighted by Gasteiger charge is 2.15. The maximum Gasteiger partial charge on any atom is 0.285 e. The first-order valence-electron chi connectivity index (χ1n) is 5.86. The summed E-state index contributed by atoms with van der Waals surface area (Å²) in [4.78, 5) is 22.2. The van der Waals surface area contributed by atoms with Crippen LogP contribution in [0.25, 0.3) is 0 Å². The number of nitrogens with zero attached hydrogens (tertiary/aromatic N) is 4. The van der Waals surface area contributed by atoms with E-state index >= 15 is 0 Å². The Hall–Kier alpha value is -2.33. The van der Waals surface area contributed by atoms with Gasteiger partial charge in [0.05, 0.1) is 22.1 Å². The molecule has 1 aromatic carbocycles. The van der Waals surface area contributed by atoms with Crippen LogP contribution < -0.4 is 11.1 Å². The number of carbonyl (C=O) groups excluding carboxylic acids is 1. The Labute approximate surface area is 127 Å². The molecule has 0 aliphatic rings. The Morgan fingerprint density at radius 2 is 2.29 bits per heavy atom. The SMILES string of the molecule is NCCn1cc(C(=O)Nc2ccc(Br)c([N+](=O)[O-])c2)nn1. The topological polar surface area (TPSA) is 129 Å². The molecule has 0 saturated carbocycles. The van der Waals surface area contributed by atoms with Crippen LogP contribution in [0.4, 0.5) is 11.4 Å². The van der Waals surface area contributed by atoms with Crippen LogP contribution in [-0.4, -0.2) is 32.4 Å². The van der Waals surface area contributed by atoms with Crippen molar-refractivity contribution >= 4 is 33.2 Å². The lowest BCUT2D eigenvalue weighted by Gasteiger charge is -2.03. The number of nitro groups is 1. The summed E-state index contributed by atoms with van der Waals surface area (Å²) in [5.74, 6) is -0.505. The average Bonchev–Trinajstić information content (AvgIpc) is 2.90. The van der Waals surface area contributed by atoms with Gasteiger partial charge in [0.1, 0.15) is 0 Å². The normalized spacial score (nSPS) is 10.4. The molecule has 1 aromatic heterocycles. The summed E-state index contributed by atoms with van der Waals surface area (Å²) in [6.07, 6.45) is 1.45. The lowest BCUT2D eigenvalue weighted by atomic mass is 10.2. The molecule has 0 fully saturated rings. The average molecular weight is 355 g/mol. The van der Waals surface area contributed by atoms with E-state index < -0.39 is 10.8 Å². The van der Waals surface area contributed by atoms with Gasteiger partial charge in [-0.1, -0.05) is 5.21 Å². The highest BCUT2D eigenvalue weighted by Crippen LogP contribution is 2.27. The number of rotatable bonds is 5. The van der Waals surface area contributed by atoms with Gasteiger partial charge in [-0.15, -0.1) is 5.10 Å². The van der Waals surface area contributed by atoms with Crippen molar-refractivity contribution in [2.45, 2.75) is 6.54 Å². The number of nitrogens with one attached hydrogen (secondary N) is 1. The van der Waals surface area contributed by atoms with Crippen molar-refractivity contribution in [1.82, 2.24) is 15.0 Å². The molecule has 0 bridgehead atoms. The minimum atomic E-state index is -0.544. The zero-order chi connectivity index (χ0) is 15.4. The minimum absolute atomic E-state index is 0.106. The molecular formula is C11H11BrN6O3. The van der Waals surface area contributed by atoms with Crippen LogP contribution in [-0.2, 0) is 6.54 Å². The summed E-state index contributed by atoms with van der Waals surface area (Å²) in [5, 5.41) is 20.8. The Morgan fingerprint density at radius 1 is 1.52 bits per heavy atom. The largest absolute Gasteiger partial charge is 0.329 e. The van der Waals surface area contributed by atoms with Gasteiger partial charge in [0.15, 0.2) is 5.69 Å². The Kier molecular flexibility index (Phi) is 4.60. The molecule has 9 nitrogen and oxygen atoms in total. The first-order chi connectivity index (χ1) is 10.0. The number of carbonyl (C=O) groups is 1. The van der Waals surface area contributed by atoms with E-state index in [1.807, 2.05) is 0 Å². The highest BCUT2D eigenvalue weighted by atomic mass is 79.9. The number of amides is 1. The van der Waals surface area contributed by atoms with Crippen LogP contribution >= 0.6 is 15.9 Å². The molecule has 0 atom stereocenters. The molecular weight excluding hydrogens is 344 g/mol. The summed E-state index contributed by atoms with van der Waals surface area (Å²) >= 11 is 3.07. The molecule has 2 rings (SSSR count). The molecule has 2 aromatic rings. The van der Waals surface area contributed by atoms with Crippen molar-refractivity contribution in [3.05, 3.63) is 44.7 Å². The van der Waals surface area contributed by atoms with E-state index in [0.29, 0.717) is 23.2 Å². The second-order valence-corrected chi connectivity index (χ2v) is 4.89. The fourth-order valence-corrected chi connectivity index (χ4v) is 1.96. The molecule has 3 N–H and O–H groups in total. The van der Waals surface area contributed by atoms with Crippen LogP contribution in [0.3, 0.4) is 0 Å². The smallest absolute Gasteiger partial charge is 0.285 e. The third-order valence-corrected chi connectivity index (χ3v) is 3.20.